The minimum absolute atomic E-state index is 0.338. The summed E-state index contributed by atoms with van der Waals surface area (Å²) < 4.78 is 23.5. The van der Waals surface area contributed by atoms with E-state index in [1.54, 1.807) is 24.3 Å². The van der Waals surface area contributed by atoms with Crippen molar-refractivity contribution in [2.24, 2.45) is 0 Å². The van der Waals surface area contributed by atoms with Crippen LogP contribution in [0.2, 0.25) is 0 Å². The van der Waals surface area contributed by atoms with Crippen LogP contribution >= 0.6 is 22.6 Å². The molecular formula is C12H13IO2S. The van der Waals surface area contributed by atoms with Crippen molar-refractivity contribution in [3.8, 4) is 11.8 Å². The predicted molar refractivity (Wildman–Crippen MR) is 74.6 cm³/mol. The second-order valence-electron chi connectivity index (χ2n) is 3.39. The molecule has 0 unspecified atom stereocenters. The lowest BCUT2D eigenvalue weighted by Gasteiger charge is -1.97. The van der Waals surface area contributed by atoms with E-state index in [1.807, 2.05) is 0 Å². The molecule has 0 amide bonds. The molecule has 0 atom stereocenters. The van der Waals surface area contributed by atoms with Crippen LogP contribution in [0, 0.1) is 11.8 Å². The van der Waals surface area contributed by atoms with E-state index >= 15 is 0 Å². The third-order valence-electron chi connectivity index (χ3n) is 1.95. The van der Waals surface area contributed by atoms with Gasteiger partial charge in [-0.1, -0.05) is 34.4 Å². The number of halogens is 1. The van der Waals surface area contributed by atoms with Crippen LogP contribution in [-0.4, -0.2) is 19.1 Å². The van der Waals surface area contributed by atoms with Crippen molar-refractivity contribution in [3.05, 3.63) is 29.8 Å². The van der Waals surface area contributed by atoms with Crippen LogP contribution in [0.3, 0.4) is 0 Å². The zero-order chi connectivity index (χ0) is 12.0. The van der Waals surface area contributed by atoms with E-state index in [1.165, 1.54) is 6.26 Å². The predicted octanol–water partition coefficient (Wildman–Crippen LogP) is 2.66. The van der Waals surface area contributed by atoms with Gasteiger partial charge in [-0.3, -0.25) is 0 Å². The van der Waals surface area contributed by atoms with Gasteiger partial charge in [0, 0.05) is 22.7 Å². The Morgan fingerprint density at radius 3 is 2.38 bits per heavy atom. The van der Waals surface area contributed by atoms with Gasteiger partial charge in [-0.05, 0) is 30.7 Å². The molecule has 0 N–H and O–H groups in total. The van der Waals surface area contributed by atoms with E-state index in [0.717, 1.165) is 22.8 Å². The van der Waals surface area contributed by atoms with Gasteiger partial charge in [-0.2, -0.15) is 0 Å². The number of benzene rings is 1. The van der Waals surface area contributed by atoms with Crippen LogP contribution in [0.15, 0.2) is 29.2 Å². The Morgan fingerprint density at radius 1 is 1.25 bits per heavy atom. The number of alkyl halides is 1. The molecule has 0 aromatic heterocycles. The van der Waals surface area contributed by atoms with Gasteiger partial charge in [0.25, 0.3) is 0 Å². The summed E-state index contributed by atoms with van der Waals surface area (Å²) in [4.78, 5) is 0.338. The Balaban J connectivity index is 2.75. The van der Waals surface area contributed by atoms with Crippen molar-refractivity contribution in [1.82, 2.24) is 0 Å². The Bertz CT molecular complexity index is 492. The third kappa shape index (κ3) is 4.54. The quantitative estimate of drug-likeness (QED) is 0.364. The molecular weight excluding hydrogens is 335 g/mol. The molecule has 4 heteroatoms. The fourth-order valence-corrected chi connectivity index (χ4v) is 2.12. The van der Waals surface area contributed by atoms with Gasteiger partial charge in [-0.25, -0.2) is 8.42 Å². The van der Waals surface area contributed by atoms with Gasteiger partial charge in [-0.15, -0.1) is 0 Å². The SMILES string of the molecule is CS(=O)(=O)c1ccc(C#CCCCI)cc1. The minimum Gasteiger partial charge on any atom is -0.224 e. The van der Waals surface area contributed by atoms with Crippen LogP contribution in [0.4, 0.5) is 0 Å². The summed E-state index contributed by atoms with van der Waals surface area (Å²) in [5, 5.41) is 0. The summed E-state index contributed by atoms with van der Waals surface area (Å²) >= 11 is 2.32. The highest BCUT2D eigenvalue weighted by Gasteiger charge is 2.04. The van der Waals surface area contributed by atoms with Crippen molar-refractivity contribution < 1.29 is 8.42 Å². The summed E-state index contributed by atoms with van der Waals surface area (Å²) in [6.45, 7) is 0. The molecule has 1 aromatic carbocycles. The molecule has 86 valence electrons. The van der Waals surface area contributed by atoms with E-state index < -0.39 is 9.84 Å². The molecule has 0 bridgehead atoms. The standard InChI is InChI=1S/C12H13IO2S/c1-16(14,15)12-8-6-11(7-9-12)5-3-2-4-10-13/h6-9H,2,4,10H2,1H3. The maximum atomic E-state index is 11.2. The zero-order valence-corrected chi connectivity index (χ0v) is 12.0. The lowest BCUT2D eigenvalue weighted by molar-refractivity contribution is 0.602. The minimum atomic E-state index is -3.10. The first-order valence-electron chi connectivity index (χ1n) is 4.89. The molecule has 2 nitrogen and oxygen atoms in total. The lowest BCUT2D eigenvalue weighted by atomic mass is 10.2. The first kappa shape index (κ1) is 13.5. The fraction of sp³-hybridized carbons (Fsp3) is 0.333. The van der Waals surface area contributed by atoms with Gasteiger partial charge in [0.2, 0.25) is 0 Å². The largest absolute Gasteiger partial charge is 0.224 e. The van der Waals surface area contributed by atoms with E-state index in [2.05, 4.69) is 34.4 Å². The highest BCUT2D eigenvalue weighted by molar-refractivity contribution is 14.1. The van der Waals surface area contributed by atoms with Crippen LogP contribution in [0.25, 0.3) is 0 Å². The Hall–Kier alpha value is -0.540. The second-order valence-corrected chi connectivity index (χ2v) is 6.49. The summed E-state index contributed by atoms with van der Waals surface area (Å²) in [6, 6.07) is 6.68. The number of hydrogen-bond acceptors (Lipinski definition) is 2. The molecule has 0 saturated heterocycles. The van der Waals surface area contributed by atoms with Crippen molar-refractivity contribution in [1.29, 1.82) is 0 Å². The van der Waals surface area contributed by atoms with E-state index in [4.69, 9.17) is 0 Å². The van der Waals surface area contributed by atoms with E-state index in [0.29, 0.717) is 4.90 Å². The van der Waals surface area contributed by atoms with Crippen molar-refractivity contribution in [2.45, 2.75) is 17.7 Å². The fourth-order valence-electron chi connectivity index (χ4n) is 1.11. The highest BCUT2D eigenvalue weighted by atomic mass is 127. The number of unbranched alkanes of at least 4 members (excludes halogenated alkanes) is 1. The molecule has 16 heavy (non-hydrogen) atoms. The maximum absolute atomic E-state index is 11.2. The Labute approximate surface area is 111 Å². The molecule has 0 spiro atoms. The summed E-state index contributed by atoms with van der Waals surface area (Å²) in [6.07, 6.45) is 3.18. The molecule has 0 heterocycles. The monoisotopic (exact) mass is 348 g/mol. The summed E-state index contributed by atoms with van der Waals surface area (Å²) in [5.41, 5.74) is 0.862. The third-order valence-corrected chi connectivity index (χ3v) is 3.84. The number of sulfone groups is 1. The molecule has 1 aromatic rings. The smallest absolute Gasteiger partial charge is 0.175 e. The van der Waals surface area contributed by atoms with Gasteiger partial charge >= 0.3 is 0 Å². The van der Waals surface area contributed by atoms with E-state index in [9.17, 15) is 8.42 Å². The van der Waals surface area contributed by atoms with Gasteiger partial charge in [0.05, 0.1) is 4.90 Å². The summed E-state index contributed by atoms with van der Waals surface area (Å²) in [7, 11) is -3.10. The van der Waals surface area contributed by atoms with Crippen LogP contribution in [0.1, 0.15) is 18.4 Å². The molecule has 1 rings (SSSR count). The molecule has 0 saturated carbocycles. The van der Waals surface area contributed by atoms with Gasteiger partial charge < -0.3 is 0 Å². The summed E-state index contributed by atoms with van der Waals surface area (Å²) in [5.74, 6) is 6.07. The van der Waals surface area contributed by atoms with Gasteiger partial charge in [0.15, 0.2) is 9.84 Å². The number of rotatable bonds is 3. The average Bonchev–Trinajstić information content (AvgIpc) is 2.24. The van der Waals surface area contributed by atoms with Crippen molar-refractivity contribution in [3.63, 3.8) is 0 Å². The van der Waals surface area contributed by atoms with Gasteiger partial charge in [0.1, 0.15) is 0 Å². The van der Waals surface area contributed by atoms with Crippen molar-refractivity contribution >= 4 is 32.4 Å². The maximum Gasteiger partial charge on any atom is 0.175 e. The number of hydrogen-bond donors (Lipinski definition) is 0. The normalized spacial score (nSPS) is 10.6. The average molecular weight is 348 g/mol. The van der Waals surface area contributed by atoms with Crippen molar-refractivity contribution in [2.75, 3.05) is 10.7 Å². The van der Waals surface area contributed by atoms with Crippen LogP contribution in [0.5, 0.6) is 0 Å². The first-order valence-corrected chi connectivity index (χ1v) is 8.30. The molecule has 0 aliphatic rings. The van der Waals surface area contributed by atoms with Crippen LogP contribution in [-0.2, 0) is 9.84 Å². The first-order chi connectivity index (χ1) is 7.54. The van der Waals surface area contributed by atoms with E-state index in [-0.39, 0.29) is 0 Å². The zero-order valence-electron chi connectivity index (χ0n) is 9.03. The second kappa shape index (κ2) is 6.26. The van der Waals surface area contributed by atoms with Crippen LogP contribution < -0.4 is 0 Å². The highest BCUT2D eigenvalue weighted by Crippen LogP contribution is 2.09. The molecule has 0 aliphatic heterocycles. The Morgan fingerprint density at radius 2 is 1.88 bits per heavy atom. The molecule has 0 fully saturated rings. The molecule has 0 aliphatic carbocycles. The lowest BCUT2D eigenvalue weighted by Crippen LogP contribution is -1.96. The Kier molecular flexibility index (Phi) is 5.29. The topological polar surface area (TPSA) is 34.1 Å². The molecule has 0 radical (unpaired) electrons.